The number of aliphatic hydroxyl groups excluding tert-OH is 1. The number of benzene rings is 2. The molecular formula is C27H41NO3Si. The van der Waals surface area contributed by atoms with Crippen molar-refractivity contribution >= 4 is 8.32 Å². The highest BCUT2D eigenvalue weighted by Crippen LogP contribution is 2.37. The van der Waals surface area contributed by atoms with E-state index in [1.807, 2.05) is 42.5 Å². The molecule has 2 aromatic carbocycles. The lowest BCUT2D eigenvalue weighted by atomic mass is 9.85. The lowest BCUT2D eigenvalue weighted by molar-refractivity contribution is -0.0229. The van der Waals surface area contributed by atoms with Crippen LogP contribution in [0.3, 0.4) is 0 Å². The van der Waals surface area contributed by atoms with Crippen LogP contribution in [0.2, 0.25) is 18.1 Å². The maximum absolute atomic E-state index is 11.0. The zero-order valence-corrected chi connectivity index (χ0v) is 21.5. The molecule has 0 bridgehead atoms. The van der Waals surface area contributed by atoms with Crippen LogP contribution in [0, 0.1) is 0 Å². The average Bonchev–Trinajstić information content (AvgIpc) is 2.73. The van der Waals surface area contributed by atoms with Crippen LogP contribution in [0.5, 0.6) is 5.75 Å². The van der Waals surface area contributed by atoms with Crippen molar-refractivity contribution in [3.8, 4) is 5.75 Å². The molecule has 1 heterocycles. The summed E-state index contributed by atoms with van der Waals surface area (Å²) in [5, 5.41) is 21.8. The van der Waals surface area contributed by atoms with E-state index in [1.54, 1.807) is 0 Å². The minimum Gasteiger partial charge on any atom is -0.544 e. The zero-order chi connectivity index (χ0) is 23.4. The second-order valence-electron chi connectivity index (χ2n) is 11.0. The van der Waals surface area contributed by atoms with E-state index >= 15 is 0 Å². The predicted molar refractivity (Wildman–Crippen MR) is 135 cm³/mol. The van der Waals surface area contributed by atoms with E-state index in [4.69, 9.17) is 4.43 Å². The largest absolute Gasteiger partial charge is 0.544 e. The fraction of sp³-hybridized carbons (Fsp3) is 0.556. The molecule has 1 fully saturated rings. The monoisotopic (exact) mass is 455 g/mol. The van der Waals surface area contributed by atoms with Crippen LogP contribution in [0.1, 0.15) is 57.3 Å². The summed E-state index contributed by atoms with van der Waals surface area (Å²) in [7, 11) is -1.85. The van der Waals surface area contributed by atoms with E-state index in [2.05, 4.69) is 50.9 Å². The van der Waals surface area contributed by atoms with Gasteiger partial charge >= 0.3 is 0 Å². The van der Waals surface area contributed by atoms with Gasteiger partial charge in [-0.1, -0.05) is 63.2 Å². The number of piperidine rings is 1. The van der Waals surface area contributed by atoms with Crippen LogP contribution >= 0.6 is 0 Å². The summed E-state index contributed by atoms with van der Waals surface area (Å²) in [5.41, 5.74) is 1.52. The minimum atomic E-state index is -1.85. The Balaban J connectivity index is 1.45. The summed E-state index contributed by atoms with van der Waals surface area (Å²) in [4.78, 5) is 2.36. The third-order valence-electron chi connectivity index (χ3n) is 7.33. The first-order valence-corrected chi connectivity index (χ1v) is 14.8. The molecule has 2 aromatic rings. The van der Waals surface area contributed by atoms with Crippen molar-refractivity contribution in [2.24, 2.45) is 0 Å². The van der Waals surface area contributed by atoms with Crippen molar-refractivity contribution in [1.29, 1.82) is 0 Å². The quantitative estimate of drug-likeness (QED) is 0.511. The average molecular weight is 456 g/mol. The van der Waals surface area contributed by atoms with E-state index < -0.39 is 20.0 Å². The molecule has 3 rings (SSSR count). The number of hydrogen-bond donors (Lipinski definition) is 2. The van der Waals surface area contributed by atoms with E-state index in [0.29, 0.717) is 12.8 Å². The fourth-order valence-electron chi connectivity index (χ4n) is 4.02. The number of likely N-dealkylation sites (tertiary alicyclic amines) is 1. The van der Waals surface area contributed by atoms with Gasteiger partial charge in [0.1, 0.15) is 5.75 Å². The van der Waals surface area contributed by atoms with Crippen molar-refractivity contribution in [3.05, 3.63) is 65.7 Å². The van der Waals surface area contributed by atoms with Gasteiger partial charge in [0.15, 0.2) is 0 Å². The van der Waals surface area contributed by atoms with E-state index in [1.165, 1.54) is 5.56 Å². The lowest BCUT2D eigenvalue weighted by Crippen LogP contribution is -2.46. The second kappa shape index (κ2) is 10.1. The van der Waals surface area contributed by atoms with Crippen LogP contribution < -0.4 is 4.43 Å². The lowest BCUT2D eigenvalue weighted by Gasteiger charge is -2.38. The minimum absolute atomic E-state index is 0.160. The topological polar surface area (TPSA) is 52.9 Å². The molecule has 5 heteroatoms. The van der Waals surface area contributed by atoms with E-state index in [9.17, 15) is 10.2 Å². The molecule has 1 atom stereocenters. The van der Waals surface area contributed by atoms with E-state index in [0.717, 1.165) is 43.8 Å². The highest BCUT2D eigenvalue weighted by molar-refractivity contribution is 6.74. The molecule has 1 aliphatic rings. The number of hydrogen-bond acceptors (Lipinski definition) is 4. The van der Waals surface area contributed by atoms with Gasteiger partial charge < -0.3 is 19.5 Å². The van der Waals surface area contributed by atoms with Gasteiger partial charge in [0, 0.05) is 26.1 Å². The predicted octanol–water partition coefficient (Wildman–Crippen LogP) is 5.56. The number of rotatable bonds is 8. The Hall–Kier alpha value is -1.66. The third kappa shape index (κ3) is 6.67. The van der Waals surface area contributed by atoms with Crippen LogP contribution in [-0.2, 0) is 6.42 Å². The molecule has 1 unspecified atom stereocenters. The summed E-state index contributed by atoms with van der Waals surface area (Å²) in [6.07, 6.45) is 2.48. The van der Waals surface area contributed by atoms with Gasteiger partial charge in [-0.3, -0.25) is 0 Å². The van der Waals surface area contributed by atoms with Gasteiger partial charge in [0.25, 0.3) is 0 Å². The smallest absolute Gasteiger partial charge is 0.250 e. The molecule has 0 aromatic heterocycles. The molecular weight excluding hydrogens is 414 g/mol. The summed E-state index contributed by atoms with van der Waals surface area (Å²) in [6.45, 7) is 13.8. The first-order valence-electron chi connectivity index (χ1n) is 11.9. The standard InChI is InChI=1S/C27H41NO3Si/c1-26(2,3)32(4,5)31-24-13-11-23(12-14-24)25(29)15-18-28-19-16-27(30,17-20-28)21-22-9-7-6-8-10-22/h6-14,25,29-30H,15-21H2,1-5H3. The van der Waals surface area contributed by atoms with E-state index in [-0.39, 0.29) is 5.04 Å². The van der Waals surface area contributed by atoms with Crippen LogP contribution in [0.25, 0.3) is 0 Å². The first kappa shape index (κ1) is 25.0. The molecule has 4 nitrogen and oxygen atoms in total. The molecule has 1 saturated heterocycles. The van der Waals surface area contributed by atoms with Gasteiger partial charge in [-0.25, -0.2) is 0 Å². The van der Waals surface area contributed by atoms with Crippen molar-refractivity contribution in [2.45, 2.75) is 76.3 Å². The Labute approximate surface area is 195 Å². The van der Waals surface area contributed by atoms with Gasteiger partial charge in [-0.05, 0) is 60.7 Å². The van der Waals surface area contributed by atoms with Gasteiger partial charge in [0.05, 0.1) is 11.7 Å². The van der Waals surface area contributed by atoms with Gasteiger partial charge in [-0.15, -0.1) is 0 Å². The van der Waals surface area contributed by atoms with Gasteiger partial charge in [-0.2, -0.15) is 0 Å². The van der Waals surface area contributed by atoms with Crippen molar-refractivity contribution in [2.75, 3.05) is 19.6 Å². The second-order valence-corrected chi connectivity index (χ2v) is 15.7. The SMILES string of the molecule is CC(C)(C)[Si](C)(C)Oc1ccc(C(O)CCN2CCC(O)(Cc3ccccc3)CC2)cc1. The normalized spacial score (nSPS) is 18.3. The molecule has 0 spiro atoms. The highest BCUT2D eigenvalue weighted by atomic mass is 28.4. The maximum atomic E-state index is 11.0. The molecule has 176 valence electrons. The Morgan fingerprint density at radius 1 is 1.00 bits per heavy atom. The summed E-state index contributed by atoms with van der Waals surface area (Å²) < 4.78 is 6.34. The highest BCUT2D eigenvalue weighted by Gasteiger charge is 2.39. The Bertz CT molecular complexity index is 837. The molecule has 0 radical (unpaired) electrons. The van der Waals surface area contributed by atoms with Crippen LogP contribution in [0.15, 0.2) is 54.6 Å². The molecule has 32 heavy (non-hydrogen) atoms. The Morgan fingerprint density at radius 3 is 2.16 bits per heavy atom. The van der Waals surface area contributed by atoms with Crippen LogP contribution in [0.4, 0.5) is 0 Å². The van der Waals surface area contributed by atoms with Crippen LogP contribution in [-0.4, -0.2) is 48.7 Å². The van der Waals surface area contributed by atoms with Crippen molar-refractivity contribution in [1.82, 2.24) is 4.90 Å². The molecule has 1 aliphatic heterocycles. The fourth-order valence-corrected chi connectivity index (χ4v) is 5.05. The first-order chi connectivity index (χ1) is 15.0. The molecule has 0 aliphatic carbocycles. The molecule has 0 saturated carbocycles. The molecule has 0 amide bonds. The zero-order valence-electron chi connectivity index (χ0n) is 20.5. The maximum Gasteiger partial charge on any atom is 0.250 e. The molecule has 2 N–H and O–H groups in total. The third-order valence-corrected chi connectivity index (χ3v) is 11.7. The summed E-state index contributed by atoms with van der Waals surface area (Å²) >= 11 is 0. The van der Waals surface area contributed by atoms with Crippen molar-refractivity contribution < 1.29 is 14.6 Å². The Morgan fingerprint density at radius 2 is 1.59 bits per heavy atom. The summed E-state index contributed by atoms with van der Waals surface area (Å²) in [6, 6.07) is 18.2. The number of nitrogens with zero attached hydrogens (tertiary/aromatic N) is 1. The Kier molecular flexibility index (Phi) is 7.87. The number of aliphatic hydroxyl groups is 2. The van der Waals surface area contributed by atoms with Crippen molar-refractivity contribution in [3.63, 3.8) is 0 Å². The summed E-state index contributed by atoms with van der Waals surface area (Å²) in [5.74, 6) is 0.890. The van der Waals surface area contributed by atoms with Gasteiger partial charge in [0.2, 0.25) is 8.32 Å².